The molecule has 0 atom stereocenters. The fourth-order valence-corrected chi connectivity index (χ4v) is 2.83. The van der Waals surface area contributed by atoms with E-state index >= 15 is 0 Å². The van der Waals surface area contributed by atoms with E-state index in [0.29, 0.717) is 6.42 Å². The van der Waals surface area contributed by atoms with Gasteiger partial charge in [0.05, 0.1) is 0 Å². The number of nitrogens with one attached hydrogen (secondary N) is 1. The fourth-order valence-electron chi connectivity index (χ4n) is 2.83. The van der Waals surface area contributed by atoms with Crippen LogP contribution in [0.3, 0.4) is 0 Å². The van der Waals surface area contributed by atoms with Gasteiger partial charge in [-0.1, -0.05) is 13.8 Å². The minimum absolute atomic E-state index is 0.0270. The van der Waals surface area contributed by atoms with E-state index in [4.69, 9.17) is 0 Å². The van der Waals surface area contributed by atoms with E-state index in [1.807, 2.05) is 13.0 Å². The molecule has 0 aliphatic heterocycles. The molecular formula is C14H17N3O. The van der Waals surface area contributed by atoms with Gasteiger partial charge in [-0.2, -0.15) is 0 Å². The van der Waals surface area contributed by atoms with Gasteiger partial charge in [0.25, 0.3) is 0 Å². The number of ketones is 1. The first-order chi connectivity index (χ1) is 8.48. The molecule has 4 nitrogen and oxygen atoms in total. The summed E-state index contributed by atoms with van der Waals surface area (Å²) in [6.07, 6.45) is 5.07. The molecule has 4 heteroatoms. The van der Waals surface area contributed by atoms with E-state index in [1.54, 1.807) is 12.4 Å². The highest BCUT2D eigenvalue weighted by Crippen LogP contribution is 2.36. The lowest BCUT2D eigenvalue weighted by molar-refractivity contribution is 0.0911. The normalized spacial score (nSPS) is 17.8. The van der Waals surface area contributed by atoms with Crippen LogP contribution >= 0.6 is 0 Å². The second kappa shape index (κ2) is 3.57. The summed E-state index contributed by atoms with van der Waals surface area (Å²) in [6.45, 7) is 6.30. The number of imidazole rings is 1. The van der Waals surface area contributed by atoms with Crippen molar-refractivity contribution in [2.24, 2.45) is 5.41 Å². The molecule has 0 fully saturated rings. The summed E-state index contributed by atoms with van der Waals surface area (Å²) in [7, 11) is 0. The summed E-state index contributed by atoms with van der Waals surface area (Å²) in [5.74, 6) is 1.04. The predicted octanol–water partition coefficient (Wildman–Crippen LogP) is 2.66. The Kier molecular flexibility index (Phi) is 2.24. The Morgan fingerprint density at radius 1 is 1.39 bits per heavy atom. The maximum absolute atomic E-state index is 12.2. The van der Waals surface area contributed by atoms with Crippen LogP contribution in [0.4, 0.5) is 0 Å². The lowest BCUT2D eigenvalue weighted by Gasteiger charge is -2.29. The highest BCUT2D eigenvalue weighted by Gasteiger charge is 2.34. The van der Waals surface area contributed by atoms with Gasteiger partial charge in [0.15, 0.2) is 5.78 Å². The van der Waals surface area contributed by atoms with Gasteiger partial charge in [0, 0.05) is 35.8 Å². The summed E-state index contributed by atoms with van der Waals surface area (Å²) >= 11 is 0. The monoisotopic (exact) mass is 243 g/mol. The number of hydrogen-bond donors (Lipinski definition) is 1. The Hall–Kier alpha value is -1.84. The number of carbonyl (C=O) groups excluding carboxylic acids is 1. The van der Waals surface area contributed by atoms with Gasteiger partial charge < -0.3 is 4.98 Å². The van der Waals surface area contributed by atoms with Crippen LogP contribution in [0.15, 0.2) is 18.5 Å². The number of aromatic nitrogens is 3. The maximum atomic E-state index is 12.2. The average molecular weight is 243 g/mol. The van der Waals surface area contributed by atoms with Crippen LogP contribution in [-0.4, -0.2) is 20.3 Å². The first-order valence-electron chi connectivity index (χ1n) is 6.22. The number of aromatic amines is 1. The molecule has 18 heavy (non-hydrogen) atoms. The topological polar surface area (TPSA) is 50.7 Å². The molecule has 3 rings (SSSR count). The Morgan fingerprint density at radius 2 is 2.17 bits per heavy atom. The molecule has 1 aliphatic carbocycles. The summed E-state index contributed by atoms with van der Waals surface area (Å²) in [5, 5.41) is 0. The minimum Gasteiger partial charge on any atom is -0.330 e. The Balaban J connectivity index is 2.21. The maximum Gasteiger partial charge on any atom is 0.211 e. The van der Waals surface area contributed by atoms with Gasteiger partial charge >= 0.3 is 0 Å². The van der Waals surface area contributed by atoms with Crippen molar-refractivity contribution < 1.29 is 4.79 Å². The van der Waals surface area contributed by atoms with Crippen molar-refractivity contribution in [3.63, 3.8) is 0 Å². The molecule has 2 aromatic heterocycles. The molecule has 0 bridgehead atoms. The van der Waals surface area contributed by atoms with E-state index in [0.717, 1.165) is 29.3 Å². The second-order valence-electron chi connectivity index (χ2n) is 5.84. The average Bonchev–Trinajstić information content (AvgIpc) is 2.83. The molecule has 0 saturated carbocycles. The van der Waals surface area contributed by atoms with Crippen molar-refractivity contribution in [1.29, 1.82) is 0 Å². The Morgan fingerprint density at radius 3 is 2.83 bits per heavy atom. The molecule has 94 valence electrons. The zero-order chi connectivity index (χ0) is 12.9. The van der Waals surface area contributed by atoms with Crippen LogP contribution in [0.25, 0.3) is 5.95 Å². The third kappa shape index (κ3) is 1.60. The zero-order valence-electron chi connectivity index (χ0n) is 10.9. The Bertz CT molecular complexity index is 605. The van der Waals surface area contributed by atoms with Gasteiger partial charge in [0.1, 0.15) is 0 Å². The van der Waals surface area contributed by atoms with Crippen molar-refractivity contribution in [2.75, 3.05) is 0 Å². The lowest BCUT2D eigenvalue weighted by Crippen LogP contribution is -2.28. The molecule has 0 unspecified atom stereocenters. The Labute approximate surface area is 106 Å². The van der Waals surface area contributed by atoms with E-state index in [2.05, 4.69) is 28.4 Å². The van der Waals surface area contributed by atoms with Gasteiger partial charge in [-0.25, -0.2) is 4.98 Å². The van der Waals surface area contributed by atoms with Crippen molar-refractivity contribution in [2.45, 2.75) is 33.6 Å². The number of fused-ring (bicyclic) bond motifs is 1. The highest BCUT2D eigenvalue weighted by atomic mass is 16.1. The van der Waals surface area contributed by atoms with Crippen LogP contribution < -0.4 is 0 Å². The third-order valence-corrected chi connectivity index (χ3v) is 3.57. The van der Waals surface area contributed by atoms with Gasteiger partial charge in [0.2, 0.25) is 5.95 Å². The van der Waals surface area contributed by atoms with Crippen LogP contribution in [0.5, 0.6) is 0 Å². The lowest BCUT2D eigenvalue weighted by atomic mass is 9.76. The quantitative estimate of drug-likeness (QED) is 0.837. The summed E-state index contributed by atoms with van der Waals surface area (Å²) in [5.41, 5.74) is 3.03. The van der Waals surface area contributed by atoms with Crippen molar-refractivity contribution in [3.05, 3.63) is 35.4 Å². The largest absolute Gasteiger partial charge is 0.330 e. The molecular weight excluding hydrogens is 226 g/mol. The van der Waals surface area contributed by atoms with Gasteiger partial charge in [-0.05, 0) is 24.8 Å². The van der Waals surface area contributed by atoms with E-state index < -0.39 is 0 Å². The van der Waals surface area contributed by atoms with E-state index in [1.165, 1.54) is 0 Å². The first-order valence-corrected chi connectivity index (χ1v) is 6.22. The molecule has 0 saturated heterocycles. The van der Waals surface area contributed by atoms with E-state index in [9.17, 15) is 4.79 Å². The fraction of sp³-hybridized carbons (Fsp3) is 0.429. The minimum atomic E-state index is 0.0270. The van der Waals surface area contributed by atoms with Crippen molar-refractivity contribution >= 4 is 5.78 Å². The number of hydrogen-bond acceptors (Lipinski definition) is 2. The van der Waals surface area contributed by atoms with E-state index in [-0.39, 0.29) is 11.2 Å². The molecule has 2 aromatic rings. The van der Waals surface area contributed by atoms with Crippen LogP contribution in [0.2, 0.25) is 0 Å². The van der Waals surface area contributed by atoms with Gasteiger partial charge in [-0.15, -0.1) is 0 Å². The first kappa shape index (κ1) is 11.3. The van der Waals surface area contributed by atoms with Gasteiger partial charge in [-0.3, -0.25) is 9.36 Å². The van der Waals surface area contributed by atoms with Crippen LogP contribution in [-0.2, 0) is 6.42 Å². The smallest absolute Gasteiger partial charge is 0.211 e. The molecule has 1 N–H and O–H groups in total. The standard InChI is InChI=1S/C14H17N3O/c1-9-6-10-11(7-14(2,3)8-12(10)18)17(9)13-15-4-5-16-13/h4-6H,7-8H2,1-3H3,(H,15,16). The highest BCUT2D eigenvalue weighted by molar-refractivity contribution is 5.99. The summed E-state index contributed by atoms with van der Waals surface area (Å²) in [6, 6.07) is 1.98. The molecule has 0 spiro atoms. The molecule has 0 aromatic carbocycles. The van der Waals surface area contributed by atoms with Crippen LogP contribution in [0, 0.1) is 12.3 Å². The predicted molar refractivity (Wildman–Crippen MR) is 69.1 cm³/mol. The van der Waals surface area contributed by atoms with Crippen molar-refractivity contribution in [3.8, 4) is 5.95 Å². The molecule has 2 heterocycles. The molecule has 1 aliphatic rings. The van der Waals surface area contributed by atoms with Crippen molar-refractivity contribution in [1.82, 2.24) is 14.5 Å². The number of aryl methyl sites for hydroxylation is 1. The number of Topliss-reactive ketones (excluding diaryl/α,β-unsaturated/α-hetero) is 1. The van der Waals surface area contributed by atoms with Crippen LogP contribution in [0.1, 0.15) is 42.0 Å². The number of H-pyrrole nitrogens is 1. The molecule has 0 amide bonds. The summed E-state index contributed by atoms with van der Waals surface area (Å²) < 4.78 is 2.06. The third-order valence-electron chi connectivity index (χ3n) is 3.57. The summed E-state index contributed by atoms with van der Waals surface area (Å²) in [4.78, 5) is 19.6. The SMILES string of the molecule is Cc1cc2c(n1-c1ncc[nH]1)CC(C)(C)CC2=O. The number of rotatable bonds is 1. The number of carbonyl (C=O) groups is 1. The number of nitrogens with zero attached hydrogens (tertiary/aromatic N) is 2. The second-order valence-corrected chi connectivity index (χ2v) is 5.84. The zero-order valence-corrected chi connectivity index (χ0v) is 10.9. The molecule has 0 radical (unpaired) electrons.